The van der Waals surface area contributed by atoms with Gasteiger partial charge in [-0.15, -0.1) is 0 Å². The number of alkyl halides is 3. The molecule has 0 radical (unpaired) electrons. The van der Waals surface area contributed by atoms with Crippen LogP contribution in [0, 0.1) is 0 Å². The van der Waals surface area contributed by atoms with Crippen molar-refractivity contribution in [1.82, 2.24) is 4.98 Å². The van der Waals surface area contributed by atoms with Crippen molar-refractivity contribution in [1.29, 1.82) is 0 Å². The molecule has 0 atom stereocenters. The number of halogens is 4. The van der Waals surface area contributed by atoms with Gasteiger partial charge in [0.05, 0.1) is 10.2 Å². The maximum atomic E-state index is 5.61. The first-order valence-corrected chi connectivity index (χ1v) is 7.08. The van der Waals surface area contributed by atoms with Crippen LogP contribution in [0.3, 0.4) is 0 Å². The molecule has 0 spiro atoms. The van der Waals surface area contributed by atoms with E-state index in [9.17, 15) is 0 Å². The minimum atomic E-state index is -1.71. The molecule has 2 rings (SSSR count). The van der Waals surface area contributed by atoms with Crippen LogP contribution in [0.2, 0.25) is 0 Å². The number of nitrogens with two attached hydrogens (primary N) is 1. The molecule has 1 aromatic carbocycles. The van der Waals surface area contributed by atoms with Gasteiger partial charge in [-0.1, -0.05) is 52.2 Å². The van der Waals surface area contributed by atoms with Crippen LogP contribution in [0.4, 0.5) is 5.13 Å². The summed E-state index contributed by atoms with van der Waals surface area (Å²) in [6.45, 7) is 0. The monoisotopic (exact) mass is 371 g/mol. The zero-order valence-corrected chi connectivity index (χ0v) is 12.8. The number of fused-ring (bicyclic) bond motifs is 1. The van der Waals surface area contributed by atoms with Crippen molar-refractivity contribution in [2.75, 3.05) is 0 Å². The van der Waals surface area contributed by atoms with Gasteiger partial charge in [0.25, 0.3) is 0 Å². The van der Waals surface area contributed by atoms with Crippen LogP contribution in [0.15, 0.2) is 27.7 Å². The average Bonchev–Trinajstić information content (AvgIpc) is 2.60. The molecular formula is C9H5BrCl3N3S. The Hall–Kier alpha value is -0.0700. The van der Waals surface area contributed by atoms with Gasteiger partial charge in [0.15, 0.2) is 5.84 Å². The molecule has 2 N–H and O–H groups in total. The number of thiazole rings is 1. The fourth-order valence-corrected chi connectivity index (χ4v) is 2.71. The number of rotatable bonds is 1. The van der Waals surface area contributed by atoms with Crippen LogP contribution in [0.25, 0.3) is 10.2 Å². The van der Waals surface area contributed by atoms with E-state index in [-0.39, 0.29) is 5.84 Å². The highest BCUT2D eigenvalue weighted by molar-refractivity contribution is 9.10. The lowest BCUT2D eigenvalue weighted by Crippen LogP contribution is -2.27. The van der Waals surface area contributed by atoms with Crippen LogP contribution in [-0.4, -0.2) is 14.6 Å². The van der Waals surface area contributed by atoms with Gasteiger partial charge in [0.1, 0.15) is 0 Å². The number of benzene rings is 1. The summed E-state index contributed by atoms with van der Waals surface area (Å²) in [6, 6.07) is 5.74. The Kier molecular flexibility index (Phi) is 3.85. The molecule has 0 saturated carbocycles. The summed E-state index contributed by atoms with van der Waals surface area (Å²) in [5.74, 6) is -0.0994. The first-order valence-electron chi connectivity index (χ1n) is 4.34. The van der Waals surface area contributed by atoms with Crippen molar-refractivity contribution in [3.8, 4) is 0 Å². The summed E-state index contributed by atoms with van der Waals surface area (Å²) < 4.78 is 0.158. The number of para-hydroxylation sites is 1. The van der Waals surface area contributed by atoms with Crippen molar-refractivity contribution < 1.29 is 0 Å². The van der Waals surface area contributed by atoms with Crippen LogP contribution < -0.4 is 5.73 Å². The molecule has 2 aromatic rings. The lowest BCUT2D eigenvalue weighted by Gasteiger charge is -2.07. The standard InChI is InChI=1S/C9H5BrCl3N3S/c10-4-2-1-3-5-6(4)15-8(17-5)16-7(14)9(11,12)13/h1-3H,(H2,14,15,16). The highest BCUT2D eigenvalue weighted by Crippen LogP contribution is 2.34. The molecule has 0 unspecified atom stereocenters. The van der Waals surface area contributed by atoms with Crippen LogP contribution >= 0.6 is 62.1 Å². The summed E-state index contributed by atoms with van der Waals surface area (Å²) in [6.07, 6.45) is 0. The van der Waals surface area contributed by atoms with E-state index in [1.807, 2.05) is 18.2 Å². The lowest BCUT2D eigenvalue weighted by atomic mass is 10.3. The number of hydrogen-bond donors (Lipinski definition) is 1. The van der Waals surface area contributed by atoms with Gasteiger partial charge in [-0.3, -0.25) is 0 Å². The molecule has 0 saturated heterocycles. The summed E-state index contributed by atoms with van der Waals surface area (Å²) in [4.78, 5) is 8.29. The van der Waals surface area contributed by atoms with Gasteiger partial charge in [0.2, 0.25) is 8.92 Å². The molecule has 0 amide bonds. The summed E-state index contributed by atoms with van der Waals surface area (Å²) in [5.41, 5.74) is 6.37. The smallest absolute Gasteiger partial charge is 0.247 e. The van der Waals surface area contributed by atoms with Crippen LogP contribution in [0.5, 0.6) is 0 Å². The maximum Gasteiger partial charge on any atom is 0.247 e. The summed E-state index contributed by atoms with van der Waals surface area (Å²) in [5, 5.41) is 0.454. The van der Waals surface area contributed by atoms with E-state index in [0.717, 1.165) is 14.7 Å². The first-order chi connectivity index (χ1) is 7.88. The van der Waals surface area contributed by atoms with Crippen molar-refractivity contribution in [3.63, 3.8) is 0 Å². The van der Waals surface area contributed by atoms with Gasteiger partial charge >= 0.3 is 0 Å². The molecule has 90 valence electrons. The van der Waals surface area contributed by atoms with E-state index < -0.39 is 3.79 Å². The number of amidine groups is 1. The Morgan fingerprint density at radius 1 is 1.41 bits per heavy atom. The number of hydrogen-bond acceptors (Lipinski definition) is 3. The molecule has 3 nitrogen and oxygen atoms in total. The number of aliphatic imine (C=N–C) groups is 1. The van der Waals surface area contributed by atoms with E-state index in [4.69, 9.17) is 40.5 Å². The van der Waals surface area contributed by atoms with Crippen LogP contribution in [-0.2, 0) is 0 Å². The zero-order chi connectivity index (χ0) is 12.6. The molecule has 0 fully saturated rings. The van der Waals surface area contributed by atoms with E-state index in [1.165, 1.54) is 11.3 Å². The SMILES string of the molecule is N/C(=N\c1nc2c(Br)cccc2s1)C(Cl)(Cl)Cl. The van der Waals surface area contributed by atoms with Crippen LogP contribution in [0.1, 0.15) is 0 Å². The van der Waals surface area contributed by atoms with Gasteiger partial charge in [-0.25, -0.2) is 9.98 Å². The van der Waals surface area contributed by atoms with Crippen molar-refractivity contribution >= 4 is 83.3 Å². The van der Waals surface area contributed by atoms with Gasteiger partial charge in [-0.05, 0) is 28.1 Å². The topological polar surface area (TPSA) is 51.3 Å². The Morgan fingerprint density at radius 3 is 2.71 bits per heavy atom. The second kappa shape index (κ2) is 4.90. The molecule has 1 heterocycles. The Labute approximate surface area is 125 Å². The normalized spacial score (nSPS) is 13.3. The molecule has 1 aromatic heterocycles. The minimum absolute atomic E-state index is 0.0994. The van der Waals surface area contributed by atoms with Crippen molar-refractivity contribution in [2.24, 2.45) is 10.7 Å². The van der Waals surface area contributed by atoms with E-state index in [1.54, 1.807) is 0 Å². The average molecular weight is 373 g/mol. The predicted molar refractivity (Wildman–Crippen MR) is 78.9 cm³/mol. The second-order valence-electron chi connectivity index (χ2n) is 3.08. The molecule has 0 aliphatic rings. The molecule has 8 heteroatoms. The zero-order valence-electron chi connectivity index (χ0n) is 8.12. The third-order valence-corrected chi connectivity index (χ3v) is 4.00. The molecule has 17 heavy (non-hydrogen) atoms. The van der Waals surface area contributed by atoms with Gasteiger partial charge in [0, 0.05) is 4.47 Å². The van der Waals surface area contributed by atoms with Crippen molar-refractivity contribution in [3.05, 3.63) is 22.7 Å². The quantitative estimate of drug-likeness (QED) is 0.457. The van der Waals surface area contributed by atoms with E-state index in [0.29, 0.717) is 5.13 Å². The largest absolute Gasteiger partial charge is 0.383 e. The summed E-state index contributed by atoms with van der Waals surface area (Å²) >= 11 is 21.6. The van der Waals surface area contributed by atoms with E-state index >= 15 is 0 Å². The highest BCUT2D eigenvalue weighted by atomic mass is 79.9. The third-order valence-electron chi connectivity index (χ3n) is 1.86. The molecular weight excluding hydrogens is 368 g/mol. The first kappa shape index (κ1) is 13.4. The minimum Gasteiger partial charge on any atom is -0.383 e. The van der Waals surface area contributed by atoms with E-state index in [2.05, 4.69) is 25.9 Å². The van der Waals surface area contributed by atoms with Crippen molar-refractivity contribution in [2.45, 2.75) is 3.79 Å². The summed E-state index contributed by atoms with van der Waals surface area (Å²) in [7, 11) is 0. The Morgan fingerprint density at radius 2 is 2.12 bits per heavy atom. The Bertz CT molecular complexity index is 591. The lowest BCUT2D eigenvalue weighted by molar-refractivity contribution is 1.34. The fourth-order valence-electron chi connectivity index (χ4n) is 1.12. The third kappa shape index (κ3) is 3.03. The number of nitrogens with zero attached hydrogens (tertiary/aromatic N) is 2. The molecule has 0 aliphatic carbocycles. The Balaban J connectivity index is 2.48. The highest BCUT2D eigenvalue weighted by Gasteiger charge is 2.25. The predicted octanol–water partition coefficient (Wildman–Crippen LogP) is 4.42. The number of aromatic nitrogens is 1. The molecule has 0 aliphatic heterocycles. The molecule has 0 bridgehead atoms. The fraction of sp³-hybridized carbons (Fsp3) is 0.111. The van der Waals surface area contributed by atoms with Gasteiger partial charge in [-0.2, -0.15) is 0 Å². The second-order valence-corrected chi connectivity index (χ2v) is 7.22. The maximum absolute atomic E-state index is 5.61. The van der Waals surface area contributed by atoms with Gasteiger partial charge < -0.3 is 5.73 Å².